The lowest BCUT2D eigenvalue weighted by Gasteiger charge is -2.42. The lowest BCUT2D eigenvalue weighted by molar-refractivity contribution is -0.127. The van der Waals surface area contributed by atoms with Crippen molar-refractivity contribution in [2.45, 2.75) is 39.3 Å². The molecular formula is C20H31N3O. The van der Waals surface area contributed by atoms with Crippen LogP contribution in [0.25, 0.3) is 0 Å². The van der Waals surface area contributed by atoms with Gasteiger partial charge in [-0.3, -0.25) is 9.69 Å². The second kappa shape index (κ2) is 8.13. The van der Waals surface area contributed by atoms with Crippen molar-refractivity contribution < 1.29 is 4.79 Å². The second-order valence-electron chi connectivity index (χ2n) is 7.69. The molecule has 1 aromatic carbocycles. The van der Waals surface area contributed by atoms with E-state index in [-0.39, 0.29) is 11.8 Å². The van der Waals surface area contributed by atoms with Gasteiger partial charge in [-0.15, -0.1) is 0 Å². The van der Waals surface area contributed by atoms with Crippen LogP contribution in [0.15, 0.2) is 30.3 Å². The summed E-state index contributed by atoms with van der Waals surface area (Å²) in [7, 11) is 0. The molecule has 24 heavy (non-hydrogen) atoms. The highest BCUT2D eigenvalue weighted by Crippen LogP contribution is 2.24. The summed E-state index contributed by atoms with van der Waals surface area (Å²) in [5.74, 6) is 1.45. The van der Waals surface area contributed by atoms with Gasteiger partial charge in [-0.05, 0) is 43.3 Å². The first-order valence-electron chi connectivity index (χ1n) is 9.41. The molecule has 0 bridgehead atoms. The smallest absolute Gasteiger partial charge is 0.223 e. The van der Waals surface area contributed by atoms with Crippen LogP contribution in [0.3, 0.4) is 0 Å². The van der Waals surface area contributed by atoms with Crippen LogP contribution in [0, 0.1) is 17.8 Å². The number of rotatable bonds is 4. The first kappa shape index (κ1) is 17.4. The third-order valence-electron chi connectivity index (χ3n) is 5.59. The van der Waals surface area contributed by atoms with Crippen LogP contribution in [0.1, 0.15) is 32.3 Å². The molecule has 3 rings (SSSR count). The highest BCUT2D eigenvalue weighted by atomic mass is 16.2. The number of benzene rings is 1. The number of hydrogen-bond acceptors (Lipinski definition) is 3. The van der Waals surface area contributed by atoms with Gasteiger partial charge in [-0.25, -0.2) is 0 Å². The van der Waals surface area contributed by atoms with Crippen molar-refractivity contribution >= 4 is 5.91 Å². The van der Waals surface area contributed by atoms with Gasteiger partial charge in [-0.1, -0.05) is 44.2 Å². The lowest BCUT2D eigenvalue weighted by Crippen LogP contribution is -2.56. The SMILES string of the molecule is CC1CN(Cc2ccccc2)CC(C)C1NC(=O)C1CCNCC1. The predicted octanol–water partition coefficient (Wildman–Crippen LogP) is 2.26. The molecule has 0 saturated carbocycles. The average Bonchev–Trinajstić information content (AvgIpc) is 2.59. The lowest BCUT2D eigenvalue weighted by atomic mass is 9.84. The highest BCUT2D eigenvalue weighted by molar-refractivity contribution is 5.79. The third-order valence-corrected chi connectivity index (χ3v) is 5.59. The quantitative estimate of drug-likeness (QED) is 0.890. The summed E-state index contributed by atoms with van der Waals surface area (Å²) in [4.78, 5) is 15.1. The van der Waals surface area contributed by atoms with Crippen molar-refractivity contribution in [3.05, 3.63) is 35.9 Å². The molecule has 0 radical (unpaired) electrons. The number of nitrogens with zero attached hydrogens (tertiary/aromatic N) is 1. The molecule has 2 N–H and O–H groups in total. The van der Waals surface area contributed by atoms with Gasteiger partial charge in [0.25, 0.3) is 0 Å². The third kappa shape index (κ3) is 4.37. The minimum absolute atomic E-state index is 0.202. The predicted molar refractivity (Wildman–Crippen MR) is 97.6 cm³/mol. The molecule has 0 spiro atoms. The van der Waals surface area contributed by atoms with Crippen LogP contribution in [0.5, 0.6) is 0 Å². The Morgan fingerprint density at radius 2 is 1.75 bits per heavy atom. The van der Waals surface area contributed by atoms with Gasteiger partial charge < -0.3 is 10.6 Å². The zero-order valence-corrected chi connectivity index (χ0v) is 15.0. The van der Waals surface area contributed by atoms with Gasteiger partial charge in [0.05, 0.1) is 0 Å². The molecular weight excluding hydrogens is 298 g/mol. The molecule has 2 atom stereocenters. The zero-order chi connectivity index (χ0) is 16.9. The van der Waals surface area contributed by atoms with Gasteiger partial charge in [0.15, 0.2) is 0 Å². The summed E-state index contributed by atoms with van der Waals surface area (Å²) in [6.07, 6.45) is 1.95. The Kier molecular flexibility index (Phi) is 5.90. The number of carbonyl (C=O) groups excluding carboxylic acids is 1. The van der Waals surface area contributed by atoms with Crippen molar-refractivity contribution in [2.24, 2.45) is 17.8 Å². The molecule has 2 saturated heterocycles. The molecule has 4 heteroatoms. The standard InChI is InChI=1S/C20H31N3O/c1-15-12-23(14-17-6-4-3-5-7-17)13-16(2)19(15)22-20(24)18-8-10-21-11-9-18/h3-7,15-16,18-19,21H,8-14H2,1-2H3,(H,22,24). The fraction of sp³-hybridized carbons (Fsp3) is 0.650. The van der Waals surface area contributed by atoms with E-state index in [1.54, 1.807) is 0 Å². The Morgan fingerprint density at radius 1 is 1.12 bits per heavy atom. The molecule has 2 fully saturated rings. The fourth-order valence-corrected chi connectivity index (χ4v) is 4.30. The number of likely N-dealkylation sites (tertiary alicyclic amines) is 1. The number of carbonyl (C=O) groups is 1. The fourth-order valence-electron chi connectivity index (χ4n) is 4.30. The summed E-state index contributed by atoms with van der Waals surface area (Å²) in [6, 6.07) is 11.0. The molecule has 0 aromatic heterocycles. The van der Waals surface area contributed by atoms with Crippen molar-refractivity contribution in [3.63, 3.8) is 0 Å². The Balaban J connectivity index is 1.54. The van der Waals surface area contributed by atoms with Crippen molar-refractivity contribution in [1.82, 2.24) is 15.5 Å². The minimum Gasteiger partial charge on any atom is -0.352 e. The maximum Gasteiger partial charge on any atom is 0.223 e. The monoisotopic (exact) mass is 329 g/mol. The van der Waals surface area contributed by atoms with Gasteiger partial charge in [0, 0.05) is 31.6 Å². The Bertz CT molecular complexity index is 515. The number of piperidine rings is 2. The molecule has 1 aromatic rings. The first-order chi connectivity index (χ1) is 11.6. The Hall–Kier alpha value is -1.39. The minimum atomic E-state index is 0.202. The second-order valence-corrected chi connectivity index (χ2v) is 7.69. The molecule has 0 aliphatic carbocycles. The molecule has 1 amide bonds. The number of hydrogen-bond donors (Lipinski definition) is 2. The van der Waals surface area contributed by atoms with Crippen molar-refractivity contribution in [1.29, 1.82) is 0 Å². The molecule has 2 heterocycles. The maximum atomic E-state index is 12.6. The van der Waals surface area contributed by atoms with E-state index < -0.39 is 0 Å². The normalized spacial score (nSPS) is 29.3. The summed E-state index contributed by atoms with van der Waals surface area (Å²) in [5.41, 5.74) is 1.37. The Labute approximate surface area is 146 Å². The van der Waals surface area contributed by atoms with Crippen LogP contribution < -0.4 is 10.6 Å². The molecule has 4 nitrogen and oxygen atoms in total. The van der Waals surface area contributed by atoms with E-state index in [4.69, 9.17) is 0 Å². The average molecular weight is 329 g/mol. The van der Waals surface area contributed by atoms with Gasteiger partial charge in [0.1, 0.15) is 0 Å². The van der Waals surface area contributed by atoms with E-state index in [0.717, 1.165) is 45.6 Å². The van der Waals surface area contributed by atoms with Crippen molar-refractivity contribution in [3.8, 4) is 0 Å². The summed E-state index contributed by atoms with van der Waals surface area (Å²) >= 11 is 0. The summed E-state index contributed by atoms with van der Waals surface area (Å²) < 4.78 is 0. The van der Waals surface area contributed by atoms with Crippen molar-refractivity contribution in [2.75, 3.05) is 26.2 Å². The summed E-state index contributed by atoms with van der Waals surface area (Å²) in [6.45, 7) is 9.61. The number of amides is 1. The van der Waals surface area contributed by atoms with Gasteiger partial charge >= 0.3 is 0 Å². The molecule has 132 valence electrons. The first-order valence-corrected chi connectivity index (χ1v) is 9.41. The van der Waals surface area contributed by atoms with Crippen LogP contribution in [-0.2, 0) is 11.3 Å². The van der Waals surface area contributed by atoms with E-state index in [1.165, 1.54) is 5.56 Å². The van der Waals surface area contributed by atoms with Crippen LogP contribution in [0.4, 0.5) is 0 Å². The van der Waals surface area contributed by atoms with Gasteiger partial charge in [0.2, 0.25) is 5.91 Å². The van der Waals surface area contributed by atoms with Gasteiger partial charge in [-0.2, -0.15) is 0 Å². The Morgan fingerprint density at radius 3 is 2.38 bits per heavy atom. The van der Waals surface area contributed by atoms with E-state index in [1.807, 2.05) is 0 Å². The summed E-state index contributed by atoms with van der Waals surface area (Å²) in [5, 5.41) is 6.71. The van der Waals surface area contributed by atoms with Crippen LogP contribution >= 0.6 is 0 Å². The van der Waals surface area contributed by atoms with E-state index in [2.05, 4.69) is 59.7 Å². The molecule has 2 aliphatic rings. The highest BCUT2D eigenvalue weighted by Gasteiger charge is 2.34. The van der Waals surface area contributed by atoms with E-state index in [9.17, 15) is 4.79 Å². The zero-order valence-electron chi connectivity index (χ0n) is 15.0. The van der Waals surface area contributed by atoms with Crippen LogP contribution in [0.2, 0.25) is 0 Å². The largest absolute Gasteiger partial charge is 0.352 e. The maximum absolute atomic E-state index is 12.6. The molecule has 2 unspecified atom stereocenters. The van der Waals surface area contributed by atoms with E-state index in [0.29, 0.717) is 17.9 Å². The number of nitrogens with one attached hydrogen (secondary N) is 2. The van der Waals surface area contributed by atoms with Crippen LogP contribution in [-0.4, -0.2) is 43.0 Å². The van der Waals surface area contributed by atoms with E-state index >= 15 is 0 Å². The topological polar surface area (TPSA) is 44.4 Å². The molecule has 2 aliphatic heterocycles.